The second-order valence-corrected chi connectivity index (χ2v) is 4.16. The van der Waals surface area contributed by atoms with E-state index in [2.05, 4.69) is 26.0 Å². The molecule has 4 nitrogen and oxygen atoms in total. The lowest BCUT2D eigenvalue weighted by atomic mass is 10.1. The quantitative estimate of drug-likeness (QED) is 0.666. The maximum atomic E-state index is 11.2. The second kappa shape index (κ2) is 5.65. The van der Waals surface area contributed by atoms with Crippen LogP contribution in [0.3, 0.4) is 0 Å². The van der Waals surface area contributed by atoms with E-state index in [0.29, 0.717) is 0 Å². The van der Waals surface area contributed by atoms with Gasteiger partial charge in [-0.2, -0.15) is 0 Å². The van der Waals surface area contributed by atoms with E-state index in [0.717, 1.165) is 10.0 Å². The maximum Gasteiger partial charge on any atom is 0.396 e. The first kappa shape index (κ1) is 12.7. The Morgan fingerprint density at radius 2 is 2.12 bits per heavy atom. The largest absolute Gasteiger partial charge is 0.462 e. The van der Waals surface area contributed by atoms with Crippen LogP contribution in [0.1, 0.15) is 18.5 Å². The Morgan fingerprint density at radius 1 is 1.44 bits per heavy atom. The molecule has 1 N–H and O–H groups in total. The fraction of sp³-hybridized carbons (Fsp3) is 0.273. The summed E-state index contributed by atoms with van der Waals surface area (Å²) in [5, 5.41) is 2.54. The van der Waals surface area contributed by atoms with Crippen LogP contribution in [0.4, 0.5) is 0 Å². The van der Waals surface area contributed by atoms with Gasteiger partial charge in [0.15, 0.2) is 0 Å². The highest BCUT2D eigenvalue weighted by Crippen LogP contribution is 2.17. The minimum Gasteiger partial charge on any atom is -0.462 e. The van der Waals surface area contributed by atoms with Crippen molar-refractivity contribution >= 4 is 27.8 Å². The van der Waals surface area contributed by atoms with Crippen molar-refractivity contribution in [3.8, 4) is 0 Å². The third-order valence-electron chi connectivity index (χ3n) is 2.07. The van der Waals surface area contributed by atoms with E-state index in [1.54, 1.807) is 6.92 Å². The monoisotopic (exact) mass is 285 g/mol. The van der Waals surface area contributed by atoms with Gasteiger partial charge in [-0.05, 0) is 24.6 Å². The van der Waals surface area contributed by atoms with E-state index < -0.39 is 11.9 Å². The molecule has 1 aromatic rings. The number of carbonyl (C=O) groups is 2. The molecule has 5 heteroatoms. The molecular weight excluding hydrogens is 274 g/mol. The Morgan fingerprint density at radius 3 is 2.69 bits per heavy atom. The van der Waals surface area contributed by atoms with Crippen molar-refractivity contribution in [2.24, 2.45) is 0 Å². The van der Waals surface area contributed by atoms with Crippen molar-refractivity contribution < 1.29 is 14.3 Å². The lowest BCUT2D eigenvalue weighted by molar-refractivity contribution is -0.153. The van der Waals surface area contributed by atoms with E-state index in [4.69, 9.17) is 0 Å². The number of methoxy groups -OCH3 is 1. The molecule has 0 aliphatic heterocycles. The van der Waals surface area contributed by atoms with E-state index >= 15 is 0 Å². The predicted octanol–water partition coefficient (Wildman–Crippen LogP) is 1.80. The molecule has 1 aromatic carbocycles. The van der Waals surface area contributed by atoms with Gasteiger partial charge in [0.1, 0.15) is 0 Å². The van der Waals surface area contributed by atoms with E-state index in [1.807, 2.05) is 24.3 Å². The highest BCUT2D eigenvalue weighted by molar-refractivity contribution is 9.10. The van der Waals surface area contributed by atoms with Gasteiger partial charge in [-0.15, -0.1) is 0 Å². The molecule has 0 spiro atoms. The lowest BCUT2D eigenvalue weighted by Crippen LogP contribution is -2.33. The Bertz CT molecular complexity index is 406. The van der Waals surface area contributed by atoms with Crippen LogP contribution in [0.2, 0.25) is 0 Å². The van der Waals surface area contributed by atoms with E-state index in [1.165, 1.54) is 7.11 Å². The summed E-state index contributed by atoms with van der Waals surface area (Å²) in [7, 11) is 1.17. The summed E-state index contributed by atoms with van der Waals surface area (Å²) in [5.41, 5.74) is 0.909. The third-order valence-corrected chi connectivity index (χ3v) is 2.56. The average molecular weight is 286 g/mol. The van der Waals surface area contributed by atoms with Gasteiger partial charge < -0.3 is 10.1 Å². The summed E-state index contributed by atoms with van der Waals surface area (Å²) in [4.78, 5) is 22.1. The summed E-state index contributed by atoms with van der Waals surface area (Å²) in [5.74, 6) is -1.63. The minimum atomic E-state index is -0.887. The van der Waals surface area contributed by atoms with Gasteiger partial charge in [-0.1, -0.05) is 28.1 Å². The van der Waals surface area contributed by atoms with Crippen LogP contribution in [-0.2, 0) is 14.3 Å². The van der Waals surface area contributed by atoms with Gasteiger partial charge in [0.2, 0.25) is 0 Å². The van der Waals surface area contributed by atoms with Gasteiger partial charge in [-0.25, -0.2) is 4.79 Å². The van der Waals surface area contributed by atoms with Crippen LogP contribution in [0.15, 0.2) is 28.7 Å². The molecule has 0 radical (unpaired) electrons. The Balaban J connectivity index is 2.69. The number of benzene rings is 1. The molecule has 0 heterocycles. The lowest BCUT2D eigenvalue weighted by Gasteiger charge is -2.13. The molecule has 1 unspecified atom stereocenters. The number of hydrogen-bond donors (Lipinski definition) is 1. The number of nitrogens with one attached hydrogen (secondary N) is 1. The molecule has 0 aliphatic carbocycles. The van der Waals surface area contributed by atoms with Gasteiger partial charge >= 0.3 is 11.9 Å². The Labute approximate surface area is 102 Å². The zero-order chi connectivity index (χ0) is 12.1. The Kier molecular flexibility index (Phi) is 4.49. The molecule has 0 fully saturated rings. The maximum absolute atomic E-state index is 11.2. The highest BCUT2D eigenvalue weighted by Gasteiger charge is 2.17. The summed E-state index contributed by atoms with van der Waals surface area (Å²) in [6.07, 6.45) is 0. The molecule has 0 bridgehead atoms. The first-order valence-corrected chi connectivity index (χ1v) is 5.48. The number of rotatable bonds is 2. The van der Waals surface area contributed by atoms with Crippen molar-refractivity contribution in [2.45, 2.75) is 13.0 Å². The number of amides is 1. The zero-order valence-electron chi connectivity index (χ0n) is 8.99. The van der Waals surface area contributed by atoms with Crippen LogP contribution < -0.4 is 5.32 Å². The molecule has 0 aliphatic rings. The normalized spacial score (nSPS) is 11.7. The SMILES string of the molecule is COC(=O)C(=O)NC(C)c1cccc(Br)c1. The molecule has 1 atom stereocenters. The fourth-order valence-electron chi connectivity index (χ4n) is 1.21. The van der Waals surface area contributed by atoms with Crippen LogP contribution in [-0.4, -0.2) is 19.0 Å². The van der Waals surface area contributed by atoms with Crippen molar-refractivity contribution in [1.82, 2.24) is 5.32 Å². The summed E-state index contributed by atoms with van der Waals surface area (Å²) >= 11 is 3.33. The van der Waals surface area contributed by atoms with Crippen molar-refractivity contribution in [2.75, 3.05) is 7.11 Å². The second-order valence-electron chi connectivity index (χ2n) is 3.24. The number of hydrogen-bond acceptors (Lipinski definition) is 3. The first-order chi connectivity index (χ1) is 7.54. The van der Waals surface area contributed by atoms with Crippen molar-refractivity contribution in [3.05, 3.63) is 34.3 Å². The number of carbonyl (C=O) groups excluding carboxylic acids is 2. The predicted molar refractivity (Wildman–Crippen MR) is 62.7 cm³/mol. The molecular formula is C11H12BrNO3. The molecule has 86 valence electrons. The molecule has 0 saturated heterocycles. The van der Waals surface area contributed by atoms with Gasteiger partial charge in [0, 0.05) is 4.47 Å². The van der Waals surface area contributed by atoms with Crippen molar-refractivity contribution in [1.29, 1.82) is 0 Å². The van der Waals surface area contributed by atoms with Crippen LogP contribution in [0.25, 0.3) is 0 Å². The van der Waals surface area contributed by atoms with Crippen LogP contribution in [0.5, 0.6) is 0 Å². The molecule has 1 amide bonds. The summed E-state index contributed by atoms with van der Waals surface area (Å²) < 4.78 is 5.23. The topological polar surface area (TPSA) is 55.4 Å². The highest BCUT2D eigenvalue weighted by atomic mass is 79.9. The molecule has 0 saturated carbocycles. The molecule has 1 rings (SSSR count). The standard InChI is InChI=1S/C11H12BrNO3/c1-7(13-10(14)11(15)16-2)8-4-3-5-9(12)6-8/h3-7H,1-2H3,(H,13,14). The van der Waals surface area contributed by atoms with Gasteiger partial charge in [0.25, 0.3) is 0 Å². The number of halogens is 1. The molecule has 0 aromatic heterocycles. The number of ether oxygens (including phenoxy) is 1. The minimum absolute atomic E-state index is 0.246. The summed E-state index contributed by atoms with van der Waals surface area (Å²) in [6.45, 7) is 1.79. The van der Waals surface area contributed by atoms with Crippen molar-refractivity contribution in [3.63, 3.8) is 0 Å². The fourth-order valence-corrected chi connectivity index (χ4v) is 1.62. The number of esters is 1. The van der Waals surface area contributed by atoms with Crippen LogP contribution >= 0.6 is 15.9 Å². The van der Waals surface area contributed by atoms with Crippen LogP contribution in [0, 0.1) is 0 Å². The average Bonchev–Trinajstić information content (AvgIpc) is 2.27. The smallest absolute Gasteiger partial charge is 0.396 e. The van der Waals surface area contributed by atoms with Gasteiger partial charge in [0.05, 0.1) is 13.2 Å². The van der Waals surface area contributed by atoms with Gasteiger partial charge in [-0.3, -0.25) is 4.79 Å². The molecule has 16 heavy (non-hydrogen) atoms. The first-order valence-electron chi connectivity index (χ1n) is 4.69. The summed E-state index contributed by atoms with van der Waals surface area (Å²) in [6, 6.07) is 7.25. The third kappa shape index (κ3) is 3.34. The van der Waals surface area contributed by atoms with E-state index in [-0.39, 0.29) is 6.04 Å². The Hall–Kier alpha value is -1.36. The zero-order valence-corrected chi connectivity index (χ0v) is 10.6. The van der Waals surface area contributed by atoms with E-state index in [9.17, 15) is 9.59 Å².